The van der Waals surface area contributed by atoms with Crippen molar-refractivity contribution in [3.63, 3.8) is 0 Å². The van der Waals surface area contributed by atoms with Crippen molar-refractivity contribution in [2.45, 2.75) is 25.1 Å². The Hall–Kier alpha value is -0.810. The van der Waals surface area contributed by atoms with Crippen molar-refractivity contribution in [3.05, 3.63) is 56.8 Å². The summed E-state index contributed by atoms with van der Waals surface area (Å²) in [7, 11) is 0. The van der Waals surface area contributed by atoms with Crippen LogP contribution in [0.5, 0.6) is 0 Å². The van der Waals surface area contributed by atoms with Crippen molar-refractivity contribution >= 4 is 23.1 Å². The van der Waals surface area contributed by atoms with Crippen LogP contribution in [0.15, 0.2) is 30.3 Å². The van der Waals surface area contributed by atoms with E-state index in [1.54, 1.807) is 4.88 Å². The molecule has 3 rings (SSSR count). The summed E-state index contributed by atoms with van der Waals surface area (Å²) in [5.41, 5.74) is 6.98. The van der Waals surface area contributed by atoms with Gasteiger partial charge in [0.15, 0.2) is 0 Å². The Morgan fingerprint density at radius 2 is 2.05 bits per heavy atom. The second kappa shape index (κ2) is 5.67. The summed E-state index contributed by atoms with van der Waals surface area (Å²) < 4.78 is 0. The summed E-state index contributed by atoms with van der Waals surface area (Å²) in [5, 5.41) is 0. The smallest absolute Gasteiger partial charge is 0.0802 e. The summed E-state index contributed by atoms with van der Waals surface area (Å²) in [6.45, 7) is 2.11. The monoisotopic (exact) mass is 290 g/mol. The first-order valence-electron chi connectivity index (χ1n) is 6.50. The van der Waals surface area contributed by atoms with E-state index in [9.17, 15) is 0 Å². The molecule has 0 radical (unpaired) electrons. The first kappa shape index (κ1) is 13.2. The average Bonchev–Trinajstić information content (AvgIpc) is 2.85. The number of rotatable bonds is 3. The SMILES string of the molecule is Cc1ccc(C(NN)c2cc3c(s2)CCSC3)cc1. The fourth-order valence-electron chi connectivity index (χ4n) is 2.41. The van der Waals surface area contributed by atoms with Crippen LogP contribution in [0.4, 0.5) is 0 Å². The van der Waals surface area contributed by atoms with Crippen LogP contribution >= 0.6 is 23.1 Å². The predicted molar refractivity (Wildman–Crippen MR) is 84.5 cm³/mol. The number of hydrogen-bond donors (Lipinski definition) is 2. The lowest BCUT2D eigenvalue weighted by molar-refractivity contribution is 0.646. The van der Waals surface area contributed by atoms with Crippen molar-refractivity contribution in [1.82, 2.24) is 5.43 Å². The molecular weight excluding hydrogens is 272 g/mol. The molecule has 19 heavy (non-hydrogen) atoms. The molecule has 1 aromatic carbocycles. The summed E-state index contributed by atoms with van der Waals surface area (Å²) in [6.07, 6.45) is 1.20. The van der Waals surface area contributed by atoms with Gasteiger partial charge in [0.1, 0.15) is 0 Å². The van der Waals surface area contributed by atoms with Gasteiger partial charge in [0.05, 0.1) is 6.04 Å². The molecule has 0 aliphatic carbocycles. The topological polar surface area (TPSA) is 38.0 Å². The third-order valence-corrected chi connectivity index (χ3v) is 5.82. The molecule has 1 unspecified atom stereocenters. The van der Waals surface area contributed by atoms with Gasteiger partial charge in [0.25, 0.3) is 0 Å². The molecule has 2 heterocycles. The molecule has 3 N–H and O–H groups in total. The normalized spacial score (nSPS) is 16.1. The fraction of sp³-hybridized carbons (Fsp3) is 0.333. The van der Waals surface area contributed by atoms with E-state index in [2.05, 4.69) is 42.7 Å². The Bertz CT molecular complexity index is 537. The predicted octanol–water partition coefficient (Wildman–Crippen LogP) is 3.40. The highest BCUT2D eigenvalue weighted by Crippen LogP contribution is 2.36. The molecule has 2 nitrogen and oxygen atoms in total. The second-order valence-corrected chi connectivity index (χ2v) is 7.18. The number of fused-ring (bicyclic) bond motifs is 1. The average molecular weight is 290 g/mol. The Morgan fingerprint density at radius 3 is 2.74 bits per heavy atom. The summed E-state index contributed by atoms with van der Waals surface area (Å²) in [6, 6.07) is 11.0. The zero-order valence-electron chi connectivity index (χ0n) is 11.0. The number of hydrogen-bond acceptors (Lipinski definition) is 4. The molecule has 0 spiro atoms. The number of benzene rings is 1. The number of nitrogens with one attached hydrogen (secondary N) is 1. The lowest BCUT2D eigenvalue weighted by Crippen LogP contribution is -2.28. The van der Waals surface area contributed by atoms with Crippen LogP contribution in [-0.2, 0) is 12.2 Å². The van der Waals surface area contributed by atoms with Crippen molar-refractivity contribution < 1.29 is 0 Å². The Morgan fingerprint density at radius 1 is 1.26 bits per heavy atom. The quantitative estimate of drug-likeness (QED) is 0.672. The van der Waals surface area contributed by atoms with Crippen LogP contribution in [0.2, 0.25) is 0 Å². The van der Waals surface area contributed by atoms with Gasteiger partial charge in [-0.2, -0.15) is 11.8 Å². The minimum atomic E-state index is 0.112. The first-order valence-corrected chi connectivity index (χ1v) is 8.47. The van der Waals surface area contributed by atoms with E-state index in [1.165, 1.54) is 33.7 Å². The molecule has 1 atom stereocenters. The maximum Gasteiger partial charge on any atom is 0.0802 e. The third kappa shape index (κ3) is 2.72. The Labute approximate surface area is 122 Å². The number of nitrogens with two attached hydrogens (primary N) is 1. The summed E-state index contributed by atoms with van der Waals surface area (Å²) in [5.74, 6) is 8.18. The van der Waals surface area contributed by atoms with Gasteiger partial charge in [-0.3, -0.25) is 5.84 Å². The van der Waals surface area contributed by atoms with Crippen LogP contribution in [0.1, 0.15) is 32.5 Å². The second-order valence-electron chi connectivity index (χ2n) is 4.91. The third-order valence-electron chi connectivity index (χ3n) is 3.51. The van der Waals surface area contributed by atoms with Gasteiger partial charge in [-0.05, 0) is 36.3 Å². The van der Waals surface area contributed by atoms with Gasteiger partial charge in [-0.25, -0.2) is 5.43 Å². The van der Waals surface area contributed by atoms with Gasteiger partial charge in [-0.1, -0.05) is 29.8 Å². The lowest BCUT2D eigenvalue weighted by Gasteiger charge is -2.14. The van der Waals surface area contributed by atoms with E-state index >= 15 is 0 Å². The number of thiophene rings is 1. The van der Waals surface area contributed by atoms with Crippen LogP contribution in [0, 0.1) is 6.92 Å². The van der Waals surface area contributed by atoms with Crippen LogP contribution in [0.3, 0.4) is 0 Å². The molecule has 0 amide bonds. The highest BCUT2D eigenvalue weighted by molar-refractivity contribution is 7.98. The van der Waals surface area contributed by atoms with Crippen LogP contribution in [-0.4, -0.2) is 5.75 Å². The van der Waals surface area contributed by atoms with Crippen molar-refractivity contribution in [2.75, 3.05) is 5.75 Å². The van der Waals surface area contributed by atoms with Crippen LogP contribution < -0.4 is 11.3 Å². The number of thioether (sulfide) groups is 1. The molecule has 4 heteroatoms. The standard InChI is InChI=1S/C15H18N2S2/c1-10-2-4-11(5-3-10)15(17-16)14-8-12-9-18-7-6-13(12)19-14/h2-5,8,15,17H,6-7,9,16H2,1H3. The highest BCUT2D eigenvalue weighted by atomic mass is 32.2. The van der Waals surface area contributed by atoms with Gasteiger partial charge < -0.3 is 0 Å². The minimum Gasteiger partial charge on any atom is -0.271 e. The van der Waals surface area contributed by atoms with Gasteiger partial charge in [-0.15, -0.1) is 11.3 Å². The highest BCUT2D eigenvalue weighted by Gasteiger charge is 2.19. The number of aryl methyl sites for hydroxylation is 2. The first-order chi connectivity index (χ1) is 9.28. The van der Waals surface area contributed by atoms with E-state index < -0.39 is 0 Å². The maximum absolute atomic E-state index is 5.78. The summed E-state index contributed by atoms with van der Waals surface area (Å²) in [4.78, 5) is 2.87. The zero-order valence-corrected chi connectivity index (χ0v) is 12.6. The maximum atomic E-state index is 5.78. The molecule has 2 aromatic rings. The molecule has 0 saturated carbocycles. The van der Waals surface area contributed by atoms with E-state index in [-0.39, 0.29) is 6.04 Å². The Kier molecular flexibility index (Phi) is 3.93. The molecule has 0 fully saturated rings. The van der Waals surface area contributed by atoms with Gasteiger partial charge in [0, 0.05) is 15.5 Å². The van der Waals surface area contributed by atoms with E-state index in [4.69, 9.17) is 5.84 Å². The fourth-order valence-corrected chi connectivity index (χ4v) is 4.88. The molecule has 1 aromatic heterocycles. The lowest BCUT2D eigenvalue weighted by atomic mass is 10.0. The summed E-state index contributed by atoms with van der Waals surface area (Å²) >= 11 is 3.93. The Balaban J connectivity index is 1.93. The molecule has 100 valence electrons. The van der Waals surface area contributed by atoms with E-state index in [0.29, 0.717) is 0 Å². The van der Waals surface area contributed by atoms with E-state index in [1.807, 2.05) is 23.1 Å². The molecule has 1 aliphatic heterocycles. The molecular formula is C15H18N2S2. The van der Waals surface area contributed by atoms with Gasteiger partial charge >= 0.3 is 0 Å². The number of hydrazine groups is 1. The van der Waals surface area contributed by atoms with Crippen molar-refractivity contribution in [3.8, 4) is 0 Å². The van der Waals surface area contributed by atoms with E-state index in [0.717, 1.165) is 5.75 Å². The van der Waals surface area contributed by atoms with Crippen molar-refractivity contribution in [2.24, 2.45) is 5.84 Å². The zero-order chi connectivity index (χ0) is 13.2. The minimum absolute atomic E-state index is 0.112. The van der Waals surface area contributed by atoms with Crippen LogP contribution in [0.25, 0.3) is 0 Å². The largest absolute Gasteiger partial charge is 0.271 e. The molecule has 0 saturated heterocycles. The molecule has 1 aliphatic rings. The van der Waals surface area contributed by atoms with Crippen molar-refractivity contribution in [1.29, 1.82) is 0 Å². The van der Waals surface area contributed by atoms with Gasteiger partial charge in [0.2, 0.25) is 0 Å². The molecule has 0 bridgehead atoms.